The summed E-state index contributed by atoms with van der Waals surface area (Å²) in [4.78, 5) is 53.6. The van der Waals surface area contributed by atoms with Crippen LogP contribution in [0.2, 0.25) is 0 Å². The molecule has 0 N–H and O–H groups in total. The molecule has 0 radical (unpaired) electrons. The van der Waals surface area contributed by atoms with E-state index < -0.39 is 64.5 Å². The fraction of sp³-hybridized carbons (Fsp3) is 0.167. The Kier molecular flexibility index (Phi) is 9.19. The molecule has 1 saturated heterocycles. The van der Waals surface area contributed by atoms with Crippen molar-refractivity contribution < 1.29 is 41.7 Å². The third kappa shape index (κ3) is 6.89. The second-order valence-electron chi connectivity index (χ2n) is 11.1. The summed E-state index contributed by atoms with van der Waals surface area (Å²) in [5.74, 6) is -2.23. The lowest BCUT2D eigenvalue weighted by Crippen LogP contribution is -2.42. The summed E-state index contributed by atoms with van der Waals surface area (Å²) in [5, 5.41) is 0.522. The maximum absolute atomic E-state index is 14.0. The van der Waals surface area contributed by atoms with Crippen LogP contribution in [0.3, 0.4) is 0 Å². The largest absolute Gasteiger partial charge is 0.459 e. The van der Waals surface area contributed by atoms with Crippen molar-refractivity contribution in [3.8, 4) is 0 Å². The van der Waals surface area contributed by atoms with Gasteiger partial charge in [-0.05, 0) is 60.0 Å². The van der Waals surface area contributed by atoms with Crippen LogP contribution in [0, 0.1) is 0 Å². The second-order valence-corrected chi connectivity index (χ2v) is 13.1. The molecule has 0 spiro atoms. The first-order valence-electron chi connectivity index (χ1n) is 14.8. The molecule has 1 aliphatic heterocycles. The van der Waals surface area contributed by atoms with E-state index in [4.69, 9.17) is 18.9 Å². The number of hydrogen-bond donors (Lipinski definition) is 0. The van der Waals surface area contributed by atoms with Crippen molar-refractivity contribution in [1.29, 1.82) is 0 Å². The standard InChI is InChI=1S/C36H29NO10S/c1-48(42,43)27-18-17-23-19-20-37(32(38)28(23)21-27)33-31(47-36(41)26-15-9-4-10-16-26)30(46-35(40)25-13-7-3-8-14-25)29(45-33)22-44-34(39)24-11-5-2-6-12-24/h2-21,29-31,33H,22H2,1H3/t29-,30+,31-,33-/m1/s1. The van der Waals surface area contributed by atoms with Gasteiger partial charge < -0.3 is 18.9 Å². The first kappa shape index (κ1) is 32.4. The number of nitrogens with zero attached hydrogens (tertiary/aromatic N) is 1. The van der Waals surface area contributed by atoms with E-state index in [1.807, 2.05) is 0 Å². The van der Waals surface area contributed by atoms with Crippen molar-refractivity contribution >= 4 is 38.5 Å². The zero-order valence-electron chi connectivity index (χ0n) is 25.5. The molecule has 2 heterocycles. The lowest BCUT2D eigenvalue weighted by Gasteiger charge is -2.25. The van der Waals surface area contributed by atoms with Crippen LogP contribution in [0.25, 0.3) is 10.8 Å². The van der Waals surface area contributed by atoms with Crippen molar-refractivity contribution in [3.05, 3.63) is 149 Å². The SMILES string of the molecule is CS(=O)(=O)c1ccc2ccn([C@@H]3O[C@H](COC(=O)c4ccccc4)[C@H](OC(=O)c4ccccc4)[C@H]3OC(=O)c3ccccc3)c(=O)c2c1. The Labute approximate surface area is 275 Å². The minimum absolute atomic E-state index is 0.0638. The molecular weight excluding hydrogens is 638 g/mol. The van der Waals surface area contributed by atoms with Crippen molar-refractivity contribution in [3.63, 3.8) is 0 Å². The molecule has 1 fully saturated rings. The molecule has 0 saturated carbocycles. The Morgan fingerprint density at radius 3 is 1.77 bits per heavy atom. The molecule has 5 aromatic rings. The first-order chi connectivity index (χ1) is 23.1. The molecule has 6 rings (SSSR count). The smallest absolute Gasteiger partial charge is 0.338 e. The lowest BCUT2D eigenvalue weighted by atomic mass is 10.1. The number of fused-ring (bicyclic) bond motifs is 1. The molecule has 4 aromatic carbocycles. The number of hydrogen-bond acceptors (Lipinski definition) is 10. The van der Waals surface area contributed by atoms with Gasteiger partial charge in [0, 0.05) is 17.8 Å². The number of carbonyl (C=O) groups excluding carboxylic acids is 3. The molecular formula is C36H29NO10S. The van der Waals surface area contributed by atoms with Crippen molar-refractivity contribution in [2.45, 2.75) is 29.4 Å². The van der Waals surface area contributed by atoms with E-state index in [0.29, 0.717) is 5.39 Å². The van der Waals surface area contributed by atoms with E-state index in [0.717, 1.165) is 10.8 Å². The summed E-state index contributed by atoms with van der Waals surface area (Å²) in [5.41, 5.74) is 0.000440. The molecule has 48 heavy (non-hydrogen) atoms. The topological polar surface area (TPSA) is 144 Å². The molecule has 0 aliphatic carbocycles. The van der Waals surface area contributed by atoms with E-state index in [2.05, 4.69) is 0 Å². The highest BCUT2D eigenvalue weighted by atomic mass is 32.2. The minimum Gasteiger partial charge on any atom is -0.459 e. The molecule has 0 unspecified atom stereocenters. The first-order valence-corrected chi connectivity index (χ1v) is 16.7. The van der Waals surface area contributed by atoms with Crippen LogP contribution in [0.4, 0.5) is 0 Å². The van der Waals surface area contributed by atoms with Gasteiger partial charge in [-0.3, -0.25) is 9.36 Å². The third-order valence-corrected chi connectivity index (χ3v) is 8.90. The number of ether oxygens (including phenoxy) is 4. The average molecular weight is 668 g/mol. The fourth-order valence-electron chi connectivity index (χ4n) is 5.35. The van der Waals surface area contributed by atoms with Gasteiger partial charge in [-0.25, -0.2) is 22.8 Å². The van der Waals surface area contributed by atoms with Gasteiger partial charge >= 0.3 is 17.9 Å². The summed E-state index contributed by atoms with van der Waals surface area (Å²) >= 11 is 0. The Morgan fingerprint density at radius 2 is 1.23 bits per heavy atom. The van der Waals surface area contributed by atoms with Crippen molar-refractivity contribution in [2.24, 2.45) is 0 Å². The zero-order chi connectivity index (χ0) is 33.8. The lowest BCUT2D eigenvalue weighted by molar-refractivity contribution is -0.0632. The minimum atomic E-state index is -3.65. The summed E-state index contributed by atoms with van der Waals surface area (Å²) in [6.07, 6.45) is -2.92. The summed E-state index contributed by atoms with van der Waals surface area (Å²) < 4.78 is 49.4. The van der Waals surface area contributed by atoms with Gasteiger partial charge in [-0.15, -0.1) is 0 Å². The maximum atomic E-state index is 14.0. The number of benzene rings is 4. The van der Waals surface area contributed by atoms with Gasteiger partial charge in [0.15, 0.2) is 28.3 Å². The fourth-order valence-corrected chi connectivity index (χ4v) is 5.99. The summed E-state index contributed by atoms with van der Waals surface area (Å²) in [6.45, 7) is -0.434. The highest BCUT2D eigenvalue weighted by Gasteiger charge is 2.51. The van der Waals surface area contributed by atoms with E-state index in [1.165, 1.54) is 48.7 Å². The van der Waals surface area contributed by atoms with E-state index >= 15 is 0 Å². The molecule has 1 aromatic heterocycles. The van der Waals surface area contributed by atoms with Crippen LogP contribution < -0.4 is 5.56 Å². The van der Waals surface area contributed by atoms with Gasteiger partial charge in [-0.1, -0.05) is 60.7 Å². The van der Waals surface area contributed by atoms with E-state index in [9.17, 15) is 27.6 Å². The molecule has 0 amide bonds. The molecule has 0 bridgehead atoms. The Bertz CT molecular complexity index is 2130. The molecule has 1 aliphatic rings. The van der Waals surface area contributed by atoms with Gasteiger partial charge in [-0.2, -0.15) is 0 Å². The van der Waals surface area contributed by atoms with Crippen LogP contribution in [-0.4, -0.2) is 62.1 Å². The highest BCUT2D eigenvalue weighted by molar-refractivity contribution is 7.90. The van der Waals surface area contributed by atoms with Crippen molar-refractivity contribution in [2.75, 3.05) is 12.9 Å². The Morgan fingerprint density at radius 1 is 0.708 bits per heavy atom. The number of esters is 3. The van der Waals surface area contributed by atoms with Crippen molar-refractivity contribution in [1.82, 2.24) is 4.57 Å². The number of sulfone groups is 1. The predicted molar refractivity (Wildman–Crippen MR) is 173 cm³/mol. The highest BCUT2D eigenvalue weighted by Crippen LogP contribution is 2.35. The van der Waals surface area contributed by atoms with Crippen LogP contribution in [-0.2, 0) is 28.8 Å². The quantitative estimate of drug-likeness (QED) is 0.161. The van der Waals surface area contributed by atoms with Gasteiger partial charge in [0.25, 0.3) is 5.56 Å². The monoisotopic (exact) mass is 667 g/mol. The zero-order valence-corrected chi connectivity index (χ0v) is 26.3. The Balaban J connectivity index is 1.42. The van der Waals surface area contributed by atoms with Crippen LogP contribution in [0.1, 0.15) is 37.3 Å². The second kappa shape index (κ2) is 13.6. The normalized spacial score (nSPS) is 19.0. The van der Waals surface area contributed by atoms with E-state index in [-0.39, 0.29) is 27.0 Å². The van der Waals surface area contributed by atoms with Crippen LogP contribution in [0.5, 0.6) is 0 Å². The third-order valence-electron chi connectivity index (χ3n) is 7.79. The summed E-state index contributed by atoms with van der Waals surface area (Å²) in [7, 11) is -3.65. The van der Waals surface area contributed by atoms with E-state index in [1.54, 1.807) is 72.8 Å². The average Bonchev–Trinajstić information content (AvgIpc) is 3.43. The molecule has 11 nitrogen and oxygen atoms in total. The molecule has 4 atom stereocenters. The van der Waals surface area contributed by atoms with Gasteiger partial charge in [0.1, 0.15) is 12.7 Å². The van der Waals surface area contributed by atoms with Crippen LogP contribution >= 0.6 is 0 Å². The number of pyridine rings is 1. The number of rotatable bonds is 9. The number of carbonyl (C=O) groups is 3. The predicted octanol–water partition coefficient (Wildman–Crippen LogP) is 4.61. The van der Waals surface area contributed by atoms with Gasteiger partial charge in [0.2, 0.25) is 0 Å². The van der Waals surface area contributed by atoms with Crippen LogP contribution in [0.15, 0.2) is 131 Å². The van der Waals surface area contributed by atoms with Gasteiger partial charge in [0.05, 0.1) is 21.6 Å². The number of aromatic nitrogens is 1. The Hall–Kier alpha value is -5.59. The maximum Gasteiger partial charge on any atom is 0.338 e. The molecule has 12 heteroatoms. The molecule has 244 valence electrons. The summed E-state index contributed by atoms with van der Waals surface area (Å²) in [6, 6.07) is 30.1.